The second-order valence-electron chi connectivity index (χ2n) is 4.34. The van der Waals surface area contributed by atoms with E-state index in [0.717, 1.165) is 4.47 Å². The first-order valence-corrected chi connectivity index (χ1v) is 6.92. The van der Waals surface area contributed by atoms with Crippen LogP contribution in [0.1, 0.15) is 27.2 Å². The molecule has 0 aromatic carbocycles. The molecule has 0 saturated carbocycles. The average Bonchev–Trinajstić information content (AvgIpc) is 2.70. The molecule has 0 aliphatic heterocycles. The van der Waals surface area contributed by atoms with Gasteiger partial charge in [0.2, 0.25) is 0 Å². The first kappa shape index (κ1) is 15.2. The van der Waals surface area contributed by atoms with E-state index in [9.17, 15) is 4.79 Å². The molecule has 6 heteroatoms. The third-order valence-corrected chi connectivity index (χ3v) is 2.76. The number of hydrogen-bond donors (Lipinski definition) is 1. The fourth-order valence-electron chi connectivity index (χ4n) is 1.64. The van der Waals surface area contributed by atoms with Crippen LogP contribution in [0, 0.1) is 0 Å². The monoisotopic (exact) mass is 317 g/mol. The summed E-state index contributed by atoms with van der Waals surface area (Å²) < 4.78 is 7.80. The van der Waals surface area contributed by atoms with Gasteiger partial charge < -0.3 is 10.1 Å². The maximum Gasteiger partial charge on any atom is 0.323 e. The van der Waals surface area contributed by atoms with Crippen LogP contribution in [0.15, 0.2) is 16.9 Å². The molecular weight excluding hydrogens is 298 g/mol. The predicted molar refractivity (Wildman–Crippen MR) is 73.2 cm³/mol. The van der Waals surface area contributed by atoms with Gasteiger partial charge in [-0.05, 0) is 29.3 Å². The van der Waals surface area contributed by atoms with E-state index < -0.39 is 0 Å². The molecule has 0 aliphatic carbocycles. The molecule has 0 bridgehead atoms. The number of hydrogen-bond acceptors (Lipinski definition) is 4. The molecule has 18 heavy (non-hydrogen) atoms. The summed E-state index contributed by atoms with van der Waals surface area (Å²) in [5, 5.41) is 7.38. The third kappa shape index (κ3) is 5.18. The van der Waals surface area contributed by atoms with E-state index in [1.807, 2.05) is 27.0 Å². The van der Waals surface area contributed by atoms with Gasteiger partial charge in [0, 0.05) is 18.8 Å². The molecule has 0 saturated heterocycles. The van der Waals surface area contributed by atoms with Crippen molar-refractivity contribution in [1.82, 2.24) is 15.1 Å². The Morgan fingerprint density at radius 2 is 2.33 bits per heavy atom. The molecule has 0 spiro atoms. The van der Waals surface area contributed by atoms with Gasteiger partial charge in [-0.1, -0.05) is 13.8 Å². The Bertz CT molecular complexity index is 379. The minimum atomic E-state index is -0.284. The molecule has 1 rings (SSSR count). The zero-order valence-electron chi connectivity index (χ0n) is 11.0. The summed E-state index contributed by atoms with van der Waals surface area (Å²) in [4.78, 5) is 11.8. The van der Waals surface area contributed by atoms with Gasteiger partial charge >= 0.3 is 5.97 Å². The van der Waals surface area contributed by atoms with Gasteiger partial charge in [0.05, 0.1) is 17.3 Å². The fraction of sp³-hybridized carbons (Fsp3) is 0.667. The maximum atomic E-state index is 11.8. The lowest BCUT2D eigenvalue weighted by molar-refractivity contribution is -0.146. The number of carbonyl (C=O) groups is 1. The first-order chi connectivity index (χ1) is 8.52. The molecule has 1 aromatic rings. The van der Waals surface area contributed by atoms with Gasteiger partial charge in [-0.15, -0.1) is 0 Å². The summed E-state index contributed by atoms with van der Waals surface area (Å²) >= 11 is 3.34. The Kier molecular flexibility index (Phi) is 6.35. The Hall–Kier alpha value is -0.880. The number of rotatable bonds is 7. The Morgan fingerprint density at radius 1 is 1.61 bits per heavy atom. The number of nitrogens with one attached hydrogen (secondary N) is 1. The summed E-state index contributed by atoms with van der Waals surface area (Å²) in [5.41, 5.74) is 0. The number of ether oxygens (including phenoxy) is 1. The molecule has 1 unspecified atom stereocenters. The Labute approximate surface area is 116 Å². The minimum absolute atomic E-state index is 0.197. The topological polar surface area (TPSA) is 56.2 Å². The SMILES string of the molecule is CCOC(=O)C(CCn1cc(Br)cn1)NC(C)C. The highest BCUT2D eigenvalue weighted by molar-refractivity contribution is 9.10. The molecule has 0 aliphatic rings. The zero-order valence-corrected chi connectivity index (χ0v) is 12.6. The first-order valence-electron chi connectivity index (χ1n) is 6.13. The minimum Gasteiger partial charge on any atom is -0.465 e. The number of esters is 1. The molecule has 0 fully saturated rings. The summed E-state index contributed by atoms with van der Waals surface area (Å²) in [6, 6.07) is -0.0447. The molecule has 1 heterocycles. The van der Waals surface area contributed by atoms with E-state index in [-0.39, 0.29) is 18.1 Å². The summed E-state index contributed by atoms with van der Waals surface area (Å²) in [6.45, 7) is 6.92. The largest absolute Gasteiger partial charge is 0.465 e. The van der Waals surface area contributed by atoms with Gasteiger partial charge in [0.25, 0.3) is 0 Å². The van der Waals surface area contributed by atoms with Crippen LogP contribution in [0.2, 0.25) is 0 Å². The van der Waals surface area contributed by atoms with Crippen molar-refractivity contribution in [2.45, 2.75) is 45.8 Å². The number of aromatic nitrogens is 2. The molecule has 1 atom stereocenters. The van der Waals surface area contributed by atoms with Crippen molar-refractivity contribution in [3.8, 4) is 0 Å². The highest BCUT2D eigenvalue weighted by Crippen LogP contribution is 2.08. The Morgan fingerprint density at radius 3 is 2.83 bits per heavy atom. The van der Waals surface area contributed by atoms with E-state index in [2.05, 4.69) is 26.3 Å². The maximum absolute atomic E-state index is 11.8. The van der Waals surface area contributed by atoms with Crippen molar-refractivity contribution >= 4 is 21.9 Å². The summed E-state index contributed by atoms with van der Waals surface area (Å²) in [5.74, 6) is -0.197. The standard InChI is InChI=1S/C12H20BrN3O2/c1-4-18-12(17)11(15-9(2)3)5-6-16-8-10(13)7-14-16/h7-9,11,15H,4-6H2,1-3H3. The van der Waals surface area contributed by atoms with Crippen molar-refractivity contribution in [3.05, 3.63) is 16.9 Å². The third-order valence-electron chi connectivity index (χ3n) is 2.35. The number of carbonyl (C=O) groups excluding carboxylic acids is 1. The second kappa shape index (κ2) is 7.53. The number of halogens is 1. The average molecular weight is 318 g/mol. The van der Waals surface area contributed by atoms with Crippen molar-refractivity contribution in [3.63, 3.8) is 0 Å². The number of nitrogens with zero attached hydrogens (tertiary/aromatic N) is 2. The fourth-order valence-corrected chi connectivity index (χ4v) is 1.96. The lowest BCUT2D eigenvalue weighted by atomic mass is 10.2. The lowest BCUT2D eigenvalue weighted by Gasteiger charge is -2.19. The van der Waals surface area contributed by atoms with Gasteiger partial charge in [0.1, 0.15) is 6.04 Å². The highest BCUT2D eigenvalue weighted by Gasteiger charge is 2.20. The molecule has 1 N–H and O–H groups in total. The van der Waals surface area contributed by atoms with Crippen LogP contribution in [-0.2, 0) is 16.1 Å². The van der Waals surface area contributed by atoms with Crippen LogP contribution in [0.5, 0.6) is 0 Å². The number of aryl methyl sites for hydroxylation is 1. The molecule has 102 valence electrons. The second-order valence-corrected chi connectivity index (χ2v) is 5.25. The van der Waals surface area contributed by atoms with Gasteiger partial charge in [-0.25, -0.2) is 0 Å². The lowest BCUT2D eigenvalue weighted by Crippen LogP contribution is -2.42. The predicted octanol–water partition coefficient (Wildman–Crippen LogP) is 1.97. The highest BCUT2D eigenvalue weighted by atomic mass is 79.9. The van der Waals surface area contributed by atoms with E-state index in [4.69, 9.17) is 4.74 Å². The van der Waals surface area contributed by atoms with E-state index in [1.165, 1.54) is 0 Å². The van der Waals surface area contributed by atoms with Crippen molar-refractivity contribution in [1.29, 1.82) is 0 Å². The molecule has 5 nitrogen and oxygen atoms in total. The Balaban J connectivity index is 2.52. The van der Waals surface area contributed by atoms with Gasteiger partial charge in [0.15, 0.2) is 0 Å². The van der Waals surface area contributed by atoms with Crippen molar-refractivity contribution in [2.24, 2.45) is 0 Å². The van der Waals surface area contributed by atoms with E-state index in [1.54, 1.807) is 10.9 Å². The van der Waals surface area contributed by atoms with Gasteiger partial charge in [-0.2, -0.15) is 5.10 Å². The molecule has 0 radical (unpaired) electrons. The normalized spacial score (nSPS) is 12.7. The molecular formula is C12H20BrN3O2. The molecule has 1 aromatic heterocycles. The van der Waals surface area contributed by atoms with E-state index in [0.29, 0.717) is 19.6 Å². The van der Waals surface area contributed by atoms with Crippen LogP contribution in [-0.4, -0.2) is 34.4 Å². The van der Waals surface area contributed by atoms with Crippen LogP contribution < -0.4 is 5.32 Å². The van der Waals surface area contributed by atoms with Crippen LogP contribution >= 0.6 is 15.9 Å². The van der Waals surface area contributed by atoms with Crippen LogP contribution in [0.4, 0.5) is 0 Å². The van der Waals surface area contributed by atoms with Crippen molar-refractivity contribution < 1.29 is 9.53 Å². The van der Waals surface area contributed by atoms with Crippen LogP contribution in [0.3, 0.4) is 0 Å². The quantitative estimate of drug-likeness (QED) is 0.781. The van der Waals surface area contributed by atoms with Crippen molar-refractivity contribution in [2.75, 3.05) is 6.61 Å². The summed E-state index contributed by atoms with van der Waals surface area (Å²) in [6.07, 6.45) is 4.28. The van der Waals surface area contributed by atoms with Crippen LogP contribution in [0.25, 0.3) is 0 Å². The van der Waals surface area contributed by atoms with Gasteiger partial charge in [-0.3, -0.25) is 9.48 Å². The van der Waals surface area contributed by atoms with E-state index >= 15 is 0 Å². The zero-order chi connectivity index (χ0) is 13.5. The molecule has 0 amide bonds. The smallest absolute Gasteiger partial charge is 0.323 e. The summed E-state index contributed by atoms with van der Waals surface area (Å²) in [7, 11) is 0.